The summed E-state index contributed by atoms with van der Waals surface area (Å²) in [5, 5.41) is 11.6. The fourth-order valence-electron chi connectivity index (χ4n) is 5.31. The summed E-state index contributed by atoms with van der Waals surface area (Å²) in [7, 11) is -0.393. The minimum Gasteiger partial charge on any atom is -0.493 e. The molecule has 7 heteroatoms. The summed E-state index contributed by atoms with van der Waals surface area (Å²) < 4.78 is 19.9. The van der Waals surface area contributed by atoms with Crippen LogP contribution in [0.4, 0.5) is 0 Å². The third-order valence-electron chi connectivity index (χ3n) is 7.15. The zero-order valence-corrected chi connectivity index (χ0v) is 24.2. The molecule has 0 bridgehead atoms. The second kappa shape index (κ2) is 10.7. The minimum absolute atomic E-state index is 0.188. The Morgan fingerprint density at radius 2 is 1.85 bits per heavy atom. The molecule has 0 saturated heterocycles. The average molecular weight is 539 g/mol. The first-order valence-electron chi connectivity index (χ1n) is 13.3. The highest BCUT2D eigenvalue weighted by Crippen LogP contribution is 2.41. The van der Waals surface area contributed by atoms with Gasteiger partial charge < -0.3 is 18.5 Å². The van der Waals surface area contributed by atoms with Gasteiger partial charge >= 0.3 is 0 Å². The molecular weight excluding hydrogens is 504 g/mol. The van der Waals surface area contributed by atoms with E-state index in [1.807, 2.05) is 80.3 Å². The number of nitrogens with zero attached hydrogens (tertiary/aromatic N) is 2. The monoisotopic (exact) mass is 538 g/mol. The molecule has 0 amide bonds. The van der Waals surface area contributed by atoms with Crippen molar-refractivity contribution in [3.63, 3.8) is 0 Å². The van der Waals surface area contributed by atoms with E-state index in [9.17, 15) is 10.1 Å². The van der Waals surface area contributed by atoms with Gasteiger partial charge in [0.15, 0.2) is 14.4 Å². The van der Waals surface area contributed by atoms with E-state index < -0.39 is 14.4 Å². The van der Waals surface area contributed by atoms with Gasteiger partial charge in [0.05, 0.1) is 23.8 Å². The van der Waals surface area contributed by atoms with Gasteiger partial charge in [-0.3, -0.25) is 4.79 Å². The Balaban J connectivity index is 1.73. The number of fused-ring (bicyclic) bond motifs is 2. The summed E-state index contributed by atoms with van der Waals surface area (Å²) in [5.41, 5.74) is 5.54. The summed E-state index contributed by atoms with van der Waals surface area (Å²) in [5.74, 6) is 1.53. The lowest BCUT2D eigenvalue weighted by Crippen LogP contribution is -2.31. The van der Waals surface area contributed by atoms with Crippen molar-refractivity contribution in [2.75, 3.05) is 6.61 Å². The lowest BCUT2D eigenvalue weighted by Gasteiger charge is -2.28. The lowest BCUT2D eigenvalue weighted by molar-refractivity contribution is 0.245. The molecule has 0 N–H and O–H groups in total. The summed E-state index contributed by atoms with van der Waals surface area (Å²) in [6.45, 7) is 9.37. The van der Waals surface area contributed by atoms with Crippen LogP contribution in [0.2, 0.25) is 19.6 Å². The highest BCUT2D eigenvalue weighted by atomic mass is 28.4. The molecule has 200 valence electrons. The maximum Gasteiger partial charge on any atom is 0.258 e. The molecule has 5 rings (SSSR count). The fraction of sp³-hybridized carbons (Fsp3) is 0.312. The van der Waals surface area contributed by atoms with Gasteiger partial charge in [-0.1, -0.05) is 36.4 Å². The van der Waals surface area contributed by atoms with Crippen LogP contribution in [0.1, 0.15) is 34.9 Å². The Kier molecular flexibility index (Phi) is 7.35. The maximum absolute atomic E-state index is 13.8. The van der Waals surface area contributed by atoms with Crippen LogP contribution >= 0.6 is 0 Å². The van der Waals surface area contributed by atoms with Crippen molar-refractivity contribution >= 4 is 19.1 Å². The zero-order valence-electron chi connectivity index (χ0n) is 23.2. The lowest BCUT2D eigenvalue weighted by atomic mass is 9.88. The second-order valence-corrected chi connectivity index (χ2v) is 15.5. The highest BCUT2D eigenvalue weighted by Gasteiger charge is 2.30. The van der Waals surface area contributed by atoms with E-state index in [-0.39, 0.29) is 5.56 Å². The van der Waals surface area contributed by atoms with E-state index in [1.165, 1.54) is 5.56 Å². The van der Waals surface area contributed by atoms with Crippen LogP contribution in [0, 0.1) is 18.3 Å². The molecule has 0 spiro atoms. The SMILES string of the molecule is Cc1c(-c2c(C(C#N)O[Si](C)(C)C)n(C)c(=O)c3cc(OCc4ccccc4)ccc23)ccc2c1CCCO2. The fourth-order valence-corrected chi connectivity index (χ4v) is 6.18. The summed E-state index contributed by atoms with van der Waals surface area (Å²) >= 11 is 0. The number of aromatic nitrogens is 1. The normalized spacial score (nSPS) is 13.8. The Morgan fingerprint density at radius 3 is 2.56 bits per heavy atom. The molecule has 0 saturated carbocycles. The van der Waals surface area contributed by atoms with Gasteiger partial charge in [-0.2, -0.15) is 5.26 Å². The number of hydrogen-bond acceptors (Lipinski definition) is 5. The molecule has 1 atom stereocenters. The first-order valence-corrected chi connectivity index (χ1v) is 16.7. The molecule has 39 heavy (non-hydrogen) atoms. The highest BCUT2D eigenvalue weighted by molar-refractivity contribution is 6.69. The topological polar surface area (TPSA) is 73.5 Å². The van der Waals surface area contributed by atoms with E-state index in [1.54, 1.807) is 11.6 Å². The summed E-state index contributed by atoms with van der Waals surface area (Å²) in [6.07, 6.45) is 1.01. The van der Waals surface area contributed by atoms with Crippen molar-refractivity contribution < 1.29 is 13.9 Å². The summed E-state index contributed by atoms with van der Waals surface area (Å²) in [6, 6.07) is 22.0. The van der Waals surface area contributed by atoms with Crippen molar-refractivity contribution in [3.05, 3.63) is 93.4 Å². The first kappa shape index (κ1) is 26.7. The number of pyridine rings is 1. The number of benzene rings is 3. The smallest absolute Gasteiger partial charge is 0.258 e. The van der Waals surface area contributed by atoms with Crippen molar-refractivity contribution in [3.8, 4) is 28.7 Å². The van der Waals surface area contributed by atoms with Crippen molar-refractivity contribution in [2.24, 2.45) is 7.05 Å². The van der Waals surface area contributed by atoms with Crippen LogP contribution in [0.25, 0.3) is 21.9 Å². The van der Waals surface area contributed by atoms with E-state index in [2.05, 4.69) is 13.0 Å². The zero-order chi connectivity index (χ0) is 27.7. The number of hydrogen-bond donors (Lipinski definition) is 0. The molecular formula is C32H34N2O4Si. The molecule has 1 aromatic heterocycles. The van der Waals surface area contributed by atoms with Crippen molar-refractivity contribution in [1.29, 1.82) is 5.26 Å². The van der Waals surface area contributed by atoms with Crippen molar-refractivity contribution in [1.82, 2.24) is 4.57 Å². The quantitative estimate of drug-likeness (QED) is 0.241. The van der Waals surface area contributed by atoms with Crippen LogP contribution in [0.3, 0.4) is 0 Å². The van der Waals surface area contributed by atoms with Gasteiger partial charge in [0, 0.05) is 12.6 Å². The maximum atomic E-state index is 13.8. The van der Waals surface area contributed by atoms with Crippen molar-refractivity contribution in [2.45, 2.75) is 52.1 Å². The number of ether oxygens (including phenoxy) is 2. The molecule has 2 heterocycles. The van der Waals surface area contributed by atoms with E-state index in [0.717, 1.165) is 46.2 Å². The molecule has 6 nitrogen and oxygen atoms in total. The van der Waals surface area contributed by atoms with Gasteiger partial charge in [-0.15, -0.1) is 0 Å². The molecule has 1 aliphatic heterocycles. The number of rotatable bonds is 7. The Bertz CT molecular complexity index is 1630. The van der Waals surface area contributed by atoms with Crippen LogP contribution in [0.5, 0.6) is 11.5 Å². The van der Waals surface area contributed by atoms with Gasteiger partial charge in [0.25, 0.3) is 5.56 Å². The third kappa shape index (κ3) is 5.36. The standard InChI is InChI=1S/C32H34N2O4Si/c1-21-24-12-9-17-36-28(24)16-15-25(21)30-26-14-13-23(37-20-22-10-7-6-8-11-22)18-27(26)32(35)34(2)31(30)29(19-33)38-39(3,4)5/h6-8,10-11,13-16,18,29H,9,12,17,20H2,1-5H3. The Morgan fingerprint density at radius 1 is 1.08 bits per heavy atom. The third-order valence-corrected chi connectivity index (χ3v) is 8.09. The predicted molar refractivity (Wildman–Crippen MR) is 157 cm³/mol. The van der Waals surface area contributed by atoms with E-state index in [4.69, 9.17) is 13.9 Å². The molecule has 0 fully saturated rings. The van der Waals surface area contributed by atoms with Crippen LogP contribution in [-0.4, -0.2) is 19.5 Å². The Hall–Kier alpha value is -3.86. The molecule has 3 aromatic carbocycles. The van der Waals surface area contributed by atoms with Gasteiger partial charge in [-0.05, 0) is 91.3 Å². The van der Waals surface area contributed by atoms with Gasteiger partial charge in [-0.25, -0.2) is 0 Å². The number of nitriles is 1. The molecule has 4 aromatic rings. The molecule has 0 radical (unpaired) electrons. The van der Waals surface area contributed by atoms with Gasteiger partial charge in [0.1, 0.15) is 18.1 Å². The minimum atomic E-state index is -2.12. The molecule has 1 aliphatic rings. The van der Waals surface area contributed by atoms with Gasteiger partial charge in [0.2, 0.25) is 0 Å². The predicted octanol–water partition coefficient (Wildman–Crippen LogP) is 6.83. The van der Waals surface area contributed by atoms with E-state index >= 15 is 0 Å². The first-order chi connectivity index (χ1) is 18.7. The van der Waals surface area contributed by atoms with Crippen LogP contribution in [-0.2, 0) is 24.5 Å². The van der Waals surface area contributed by atoms with E-state index in [0.29, 0.717) is 30.0 Å². The largest absolute Gasteiger partial charge is 0.493 e. The average Bonchev–Trinajstić information content (AvgIpc) is 2.93. The molecule has 0 aliphatic carbocycles. The van der Waals surface area contributed by atoms with Crippen LogP contribution < -0.4 is 15.0 Å². The Labute approximate surface area is 230 Å². The van der Waals surface area contributed by atoms with Crippen LogP contribution in [0.15, 0.2) is 65.5 Å². The summed E-state index contributed by atoms with van der Waals surface area (Å²) in [4.78, 5) is 13.8. The second-order valence-electron chi connectivity index (χ2n) is 11.0. The molecule has 1 unspecified atom stereocenters.